The van der Waals surface area contributed by atoms with E-state index in [1.165, 1.54) is 11.4 Å². The van der Waals surface area contributed by atoms with E-state index in [2.05, 4.69) is 79.0 Å². The van der Waals surface area contributed by atoms with Gasteiger partial charge >= 0.3 is 0 Å². The number of anilines is 2. The monoisotopic (exact) mass is 276 g/mol. The van der Waals surface area contributed by atoms with Crippen LogP contribution in [-0.2, 0) is 0 Å². The maximum absolute atomic E-state index is 2.52. The van der Waals surface area contributed by atoms with Crippen LogP contribution in [0.5, 0.6) is 0 Å². The molecule has 0 amide bonds. The molecule has 0 bridgehead atoms. The van der Waals surface area contributed by atoms with Gasteiger partial charge in [0.25, 0.3) is 0 Å². The SMILES string of the molecule is CC1N(CCN(C)C)c2ccccc2N1CCN(C)C. The van der Waals surface area contributed by atoms with Crippen LogP contribution >= 0.6 is 0 Å². The van der Waals surface area contributed by atoms with Crippen LogP contribution in [0.25, 0.3) is 0 Å². The molecular weight excluding hydrogens is 248 g/mol. The first-order valence-electron chi connectivity index (χ1n) is 7.42. The van der Waals surface area contributed by atoms with Crippen LogP contribution in [0.4, 0.5) is 11.4 Å². The largest absolute Gasteiger partial charge is 0.348 e. The van der Waals surface area contributed by atoms with E-state index in [4.69, 9.17) is 0 Å². The zero-order chi connectivity index (χ0) is 14.7. The van der Waals surface area contributed by atoms with E-state index < -0.39 is 0 Å². The zero-order valence-corrected chi connectivity index (χ0v) is 13.5. The Labute approximate surface area is 123 Å². The molecule has 0 saturated carbocycles. The molecule has 20 heavy (non-hydrogen) atoms. The highest BCUT2D eigenvalue weighted by Gasteiger charge is 2.31. The molecule has 1 heterocycles. The number of likely N-dealkylation sites (N-methyl/N-ethyl adjacent to an activating group) is 2. The second kappa shape index (κ2) is 6.46. The number of para-hydroxylation sites is 2. The molecule has 0 N–H and O–H groups in total. The van der Waals surface area contributed by atoms with E-state index in [-0.39, 0.29) is 0 Å². The summed E-state index contributed by atoms with van der Waals surface area (Å²) >= 11 is 0. The first kappa shape index (κ1) is 15.1. The molecule has 112 valence electrons. The van der Waals surface area contributed by atoms with E-state index in [9.17, 15) is 0 Å². The molecule has 0 atom stereocenters. The Balaban J connectivity index is 2.15. The third kappa shape index (κ3) is 3.25. The van der Waals surface area contributed by atoms with Gasteiger partial charge < -0.3 is 19.6 Å². The van der Waals surface area contributed by atoms with Gasteiger partial charge in [0.15, 0.2) is 0 Å². The fraction of sp³-hybridized carbons (Fsp3) is 0.625. The molecule has 0 radical (unpaired) electrons. The third-order valence-electron chi connectivity index (χ3n) is 3.98. The van der Waals surface area contributed by atoms with Gasteiger partial charge in [-0.1, -0.05) is 12.1 Å². The zero-order valence-electron chi connectivity index (χ0n) is 13.5. The predicted octanol–water partition coefficient (Wildman–Crippen LogP) is 1.78. The van der Waals surface area contributed by atoms with Crippen molar-refractivity contribution in [3.63, 3.8) is 0 Å². The van der Waals surface area contributed by atoms with Gasteiger partial charge in [-0.2, -0.15) is 0 Å². The average molecular weight is 276 g/mol. The van der Waals surface area contributed by atoms with Gasteiger partial charge in [-0.25, -0.2) is 0 Å². The molecule has 1 aliphatic heterocycles. The number of nitrogens with zero attached hydrogens (tertiary/aromatic N) is 4. The summed E-state index contributed by atoms with van der Waals surface area (Å²) < 4.78 is 0. The Morgan fingerprint density at radius 3 is 1.60 bits per heavy atom. The van der Waals surface area contributed by atoms with Crippen molar-refractivity contribution in [3.05, 3.63) is 24.3 Å². The predicted molar refractivity (Wildman–Crippen MR) is 87.7 cm³/mol. The highest BCUT2D eigenvalue weighted by atomic mass is 15.4. The molecule has 0 saturated heterocycles. The molecule has 4 nitrogen and oxygen atoms in total. The summed E-state index contributed by atoms with van der Waals surface area (Å²) in [5, 5.41) is 0. The lowest BCUT2D eigenvalue weighted by molar-refractivity contribution is 0.395. The van der Waals surface area contributed by atoms with E-state index in [0.29, 0.717) is 6.17 Å². The van der Waals surface area contributed by atoms with Gasteiger partial charge in [-0.05, 0) is 47.2 Å². The summed E-state index contributed by atoms with van der Waals surface area (Å²) in [5.41, 5.74) is 2.75. The van der Waals surface area contributed by atoms with Crippen molar-refractivity contribution in [1.82, 2.24) is 9.80 Å². The van der Waals surface area contributed by atoms with Gasteiger partial charge in [0, 0.05) is 26.2 Å². The molecular formula is C16H28N4. The summed E-state index contributed by atoms with van der Waals surface area (Å²) in [6.07, 6.45) is 0.437. The molecule has 1 aromatic carbocycles. The van der Waals surface area contributed by atoms with Crippen LogP contribution in [0.3, 0.4) is 0 Å². The van der Waals surface area contributed by atoms with E-state index in [1.54, 1.807) is 0 Å². The fourth-order valence-corrected chi connectivity index (χ4v) is 2.75. The minimum Gasteiger partial charge on any atom is -0.348 e. The number of benzene rings is 1. The van der Waals surface area contributed by atoms with Crippen molar-refractivity contribution in [2.24, 2.45) is 0 Å². The average Bonchev–Trinajstić information content (AvgIpc) is 2.66. The van der Waals surface area contributed by atoms with Crippen molar-refractivity contribution < 1.29 is 0 Å². The van der Waals surface area contributed by atoms with Crippen LogP contribution in [0, 0.1) is 0 Å². The van der Waals surface area contributed by atoms with Crippen molar-refractivity contribution in [3.8, 4) is 0 Å². The van der Waals surface area contributed by atoms with Crippen LogP contribution in [0.2, 0.25) is 0 Å². The molecule has 1 aliphatic rings. The molecule has 0 fully saturated rings. The maximum Gasteiger partial charge on any atom is 0.0989 e. The second-order valence-corrected chi connectivity index (χ2v) is 6.11. The molecule has 0 spiro atoms. The maximum atomic E-state index is 2.52. The molecule has 4 heteroatoms. The van der Waals surface area contributed by atoms with Gasteiger partial charge in [0.2, 0.25) is 0 Å². The third-order valence-corrected chi connectivity index (χ3v) is 3.98. The first-order valence-corrected chi connectivity index (χ1v) is 7.42. The smallest absolute Gasteiger partial charge is 0.0989 e. The Morgan fingerprint density at radius 2 is 1.25 bits per heavy atom. The molecule has 0 unspecified atom stereocenters. The molecule has 1 aromatic rings. The van der Waals surface area contributed by atoms with Crippen molar-refractivity contribution in [2.45, 2.75) is 13.1 Å². The summed E-state index contributed by atoms with van der Waals surface area (Å²) in [6, 6.07) is 8.78. The Hall–Kier alpha value is -1.26. The summed E-state index contributed by atoms with van der Waals surface area (Å²) in [7, 11) is 8.54. The lowest BCUT2D eigenvalue weighted by atomic mass is 10.2. The number of hydrogen-bond acceptors (Lipinski definition) is 4. The minimum absolute atomic E-state index is 0.437. The Kier molecular flexibility index (Phi) is 4.89. The summed E-state index contributed by atoms with van der Waals surface area (Å²) in [5.74, 6) is 0. The highest BCUT2D eigenvalue weighted by molar-refractivity contribution is 5.77. The lowest BCUT2D eigenvalue weighted by Gasteiger charge is -2.31. The molecule has 2 rings (SSSR count). The van der Waals surface area contributed by atoms with Crippen molar-refractivity contribution in [1.29, 1.82) is 0 Å². The number of rotatable bonds is 6. The Bertz CT molecular complexity index is 391. The molecule has 0 aliphatic carbocycles. The number of fused-ring (bicyclic) bond motifs is 1. The van der Waals surface area contributed by atoms with Crippen LogP contribution < -0.4 is 9.80 Å². The van der Waals surface area contributed by atoms with Gasteiger partial charge in [0.05, 0.1) is 17.5 Å². The highest BCUT2D eigenvalue weighted by Crippen LogP contribution is 2.38. The van der Waals surface area contributed by atoms with Gasteiger partial charge in [-0.3, -0.25) is 0 Å². The molecule has 0 aromatic heterocycles. The normalized spacial score (nSPS) is 15.6. The fourth-order valence-electron chi connectivity index (χ4n) is 2.75. The van der Waals surface area contributed by atoms with Gasteiger partial charge in [-0.15, -0.1) is 0 Å². The van der Waals surface area contributed by atoms with Crippen LogP contribution in [-0.4, -0.2) is 70.3 Å². The van der Waals surface area contributed by atoms with Gasteiger partial charge in [0.1, 0.15) is 0 Å². The van der Waals surface area contributed by atoms with E-state index in [1.807, 2.05) is 0 Å². The Morgan fingerprint density at radius 1 is 0.850 bits per heavy atom. The van der Waals surface area contributed by atoms with E-state index in [0.717, 1.165) is 26.2 Å². The topological polar surface area (TPSA) is 13.0 Å². The minimum atomic E-state index is 0.437. The van der Waals surface area contributed by atoms with E-state index >= 15 is 0 Å². The van der Waals surface area contributed by atoms with Crippen LogP contribution in [0.15, 0.2) is 24.3 Å². The van der Waals surface area contributed by atoms with Crippen LogP contribution in [0.1, 0.15) is 6.92 Å². The quantitative estimate of drug-likeness (QED) is 0.785. The van der Waals surface area contributed by atoms with Crippen molar-refractivity contribution in [2.75, 3.05) is 64.2 Å². The summed E-state index contributed by atoms with van der Waals surface area (Å²) in [4.78, 5) is 9.53. The van der Waals surface area contributed by atoms with Crippen molar-refractivity contribution >= 4 is 11.4 Å². The number of hydrogen-bond donors (Lipinski definition) is 0. The second-order valence-electron chi connectivity index (χ2n) is 6.11. The standard InChI is InChI=1S/C16H28N4/c1-14-19(12-10-17(2)3)15-8-6-7-9-16(15)20(14)13-11-18(4)5/h6-9,14H,10-13H2,1-5H3. The lowest BCUT2D eigenvalue weighted by Crippen LogP contribution is -2.45. The summed E-state index contributed by atoms with van der Waals surface area (Å²) in [6.45, 7) is 6.62. The first-order chi connectivity index (χ1) is 9.50.